The van der Waals surface area contributed by atoms with Crippen LogP contribution in [0.4, 0.5) is 4.79 Å². The van der Waals surface area contributed by atoms with Gasteiger partial charge >= 0.3 is 12.1 Å². The second kappa shape index (κ2) is 8.35. The van der Waals surface area contributed by atoms with Gasteiger partial charge in [-0.1, -0.05) is 11.6 Å². The number of nitrogens with zero attached hydrogens (tertiary/aromatic N) is 3. The van der Waals surface area contributed by atoms with E-state index in [-0.39, 0.29) is 53.3 Å². The number of carboxylic acids is 1. The summed E-state index contributed by atoms with van der Waals surface area (Å²) in [4.78, 5) is 29.4. The molecule has 4 fully saturated rings. The van der Waals surface area contributed by atoms with E-state index in [4.69, 9.17) is 24.1 Å². The lowest BCUT2D eigenvalue weighted by Gasteiger charge is -2.44. The highest BCUT2D eigenvalue weighted by atomic mass is 16.6. The van der Waals surface area contributed by atoms with Crippen molar-refractivity contribution in [1.29, 1.82) is 0 Å². The number of rotatable bonds is 7. The minimum Gasteiger partial charge on any atom is -0.476 e. The number of carbonyl (C=O) groups is 2. The van der Waals surface area contributed by atoms with Crippen molar-refractivity contribution in [3.63, 3.8) is 0 Å². The Bertz CT molecular complexity index is 992. The highest BCUT2D eigenvalue weighted by Gasteiger charge is 2.72. The van der Waals surface area contributed by atoms with Crippen LogP contribution in [-0.4, -0.2) is 87.9 Å². The first-order chi connectivity index (χ1) is 16.2. The van der Waals surface area contributed by atoms with Gasteiger partial charge in [-0.05, 0) is 40.0 Å². The summed E-state index contributed by atoms with van der Waals surface area (Å²) in [5.74, 6) is -1.09. The summed E-state index contributed by atoms with van der Waals surface area (Å²) < 4.78 is 25.8. The van der Waals surface area contributed by atoms with Gasteiger partial charge < -0.3 is 33.5 Å². The molecule has 10 heteroatoms. The van der Waals surface area contributed by atoms with E-state index >= 15 is 0 Å². The van der Waals surface area contributed by atoms with Crippen LogP contribution in [0.3, 0.4) is 0 Å². The number of aromatic nitrogens is 2. The van der Waals surface area contributed by atoms with E-state index in [0.717, 1.165) is 12.8 Å². The van der Waals surface area contributed by atoms with Crippen molar-refractivity contribution < 1.29 is 33.6 Å². The van der Waals surface area contributed by atoms with E-state index in [9.17, 15) is 9.59 Å². The molecule has 5 rings (SSSR count). The van der Waals surface area contributed by atoms with Gasteiger partial charge in [0.15, 0.2) is 5.69 Å². The van der Waals surface area contributed by atoms with E-state index in [1.165, 1.54) is 18.1 Å². The molecular weight excluding hydrogens is 442 g/mol. The lowest BCUT2D eigenvalue weighted by atomic mass is 9.68. The summed E-state index contributed by atoms with van der Waals surface area (Å²) in [5.41, 5.74) is 0.617. The number of imidazole rings is 1. The van der Waals surface area contributed by atoms with Crippen molar-refractivity contribution in [3.05, 3.63) is 29.9 Å². The number of carbonyl (C=O) groups excluding carboxylic acids is 1. The average molecular weight is 476 g/mol. The topological polar surface area (TPSA) is 119 Å². The molecule has 0 aromatic carbocycles. The maximum atomic E-state index is 12.9. The van der Waals surface area contributed by atoms with Crippen molar-refractivity contribution in [1.82, 2.24) is 14.5 Å². The molecule has 6 atom stereocenters. The van der Waals surface area contributed by atoms with Crippen LogP contribution in [-0.2, 0) is 18.9 Å². The molecule has 3 saturated heterocycles. The predicted molar refractivity (Wildman–Crippen MR) is 120 cm³/mol. The van der Waals surface area contributed by atoms with Crippen LogP contribution >= 0.6 is 0 Å². The summed E-state index contributed by atoms with van der Waals surface area (Å²) in [7, 11) is 1.66. The Morgan fingerprint density at radius 1 is 1.35 bits per heavy atom. The van der Waals surface area contributed by atoms with Crippen molar-refractivity contribution >= 4 is 12.1 Å². The quantitative estimate of drug-likeness (QED) is 0.472. The molecule has 0 bridgehead atoms. The first kappa shape index (κ1) is 23.3. The molecule has 1 spiro atoms. The Balaban J connectivity index is 1.22. The molecule has 1 amide bonds. The van der Waals surface area contributed by atoms with Crippen molar-refractivity contribution in [3.8, 4) is 0 Å². The molecule has 186 valence electrons. The number of ether oxygens (including phenoxy) is 4. The monoisotopic (exact) mass is 475 g/mol. The van der Waals surface area contributed by atoms with E-state index in [0.29, 0.717) is 26.1 Å². The Morgan fingerprint density at radius 3 is 2.68 bits per heavy atom. The Hall–Kier alpha value is -2.43. The smallest absolute Gasteiger partial charge is 0.410 e. The van der Waals surface area contributed by atoms with Crippen molar-refractivity contribution in [2.24, 2.45) is 5.92 Å². The van der Waals surface area contributed by atoms with Gasteiger partial charge in [-0.15, -0.1) is 0 Å². The maximum absolute atomic E-state index is 12.9. The number of hydrogen-bond acceptors (Lipinski definition) is 7. The van der Waals surface area contributed by atoms with Gasteiger partial charge in [0.25, 0.3) is 0 Å². The fourth-order valence-corrected chi connectivity index (χ4v) is 5.71. The highest BCUT2D eigenvalue weighted by molar-refractivity contribution is 5.84. The molecule has 1 aromatic rings. The van der Waals surface area contributed by atoms with Gasteiger partial charge in [-0.2, -0.15) is 0 Å². The van der Waals surface area contributed by atoms with E-state index in [1.54, 1.807) is 16.6 Å². The molecule has 0 radical (unpaired) electrons. The molecule has 1 saturated carbocycles. The zero-order chi connectivity index (χ0) is 24.3. The second-order valence-electron chi connectivity index (χ2n) is 10.4. The number of methoxy groups -OCH3 is 1. The summed E-state index contributed by atoms with van der Waals surface area (Å²) in [6, 6.07) is -0.0109. The molecule has 4 heterocycles. The Labute approximate surface area is 198 Å². The zero-order valence-electron chi connectivity index (χ0n) is 20.1. The highest BCUT2D eigenvalue weighted by Crippen LogP contribution is 2.59. The summed E-state index contributed by atoms with van der Waals surface area (Å²) in [5, 5.41) is 9.04. The number of hydrogen-bond donors (Lipinski definition) is 1. The molecular formula is C24H33N3O7. The van der Waals surface area contributed by atoms with Gasteiger partial charge in [-0.25, -0.2) is 14.6 Å². The van der Waals surface area contributed by atoms with Crippen LogP contribution in [0.1, 0.15) is 56.6 Å². The van der Waals surface area contributed by atoms with Gasteiger partial charge in [-0.3, -0.25) is 0 Å². The molecule has 1 unspecified atom stereocenters. The summed E-state index contributed by atoms with van der Waals surface area (Å²) >= 11 is 0. The van der Waals surface area contributed by atoms with E-state index in [2.05, 4.69) is 31.8 Å². The van der Waals surface area contributed by atoms with E-state index in [1.807, 2.05) is 0 Å². The fourth-order valence-electron chi connectivity index (χ4n) is 5.71. The lowest BCUT2D eigenvalue weighted by Crippen LogP contribution is -2.57. The lowest BCUT2D eigenvalue weighted by molar-refractivity contribution is -0.124. The normalized spacial score (nSPS) is 36.6. The van der Waals surface area contributed by atoms with Gasteiger partial charge in [0.05, 0.1) is 31.0 Å². The Morgan fingerprint density at radius 2 is 2.09 bits per heavy atom. The maximum Gasteiger partial charge on any atom is 0.410 e. The van der Waals surface area contributed by atoms with Crippen LogP contribution in [0.2, 0.25) is 0 Å². The predicted octanol–water partition coefficient (Wildman–Crippen LogP) is 2.65. The SMILES string of the molecule is CO[C@@H]1[C@H](OC(=O)N2CC(n3cnc(C(=O)O)c3)C2)CC[C@]2(CO2)[C@H]1[C@@]1(C)OC1CC=C(C)C. The van der Waals surface area contributed by atoms with Gasteiger partial charge in [0.1, 0.15) is 23.4 Å². The second-order valence-corrected chi connectivity index (χ2v) is 10.4. The standard InChI is InChI=1S/C24H33N3O7/c1-14(2)5-6-18-23(3,34-18)20-19(31-4)17(7-8-24(20)12-32-24)33-22(30)26-9-15(10-26)27-11-16(21(28)29)25-13-27/h5,11,13,15,17-20H,6-10,12H2,1-4H3,(H,28,29)/t17-,18?,19-,20-,23+,24+/m1/s1. The first-order valence-electron chi connectivity index (χ1n) is 11.9. The van der Waals surface area contributed by atoms with Crippen LogP contribution in [0.25, 0.3) is 0 Å². The fraction of sp³-hybridized carbons (Fsp3) is 0.708. The average Bonchev–Trinajstić information content (AvgIpc) is 3.60. The van der Waals surface area contributed by atoms with Crippen molar-refractivity contribution in [2.45, 2.75) is 75.6 Å². The molecule has 3 aliphatic heterocycles. The number of carboxylic acid groups (broad SMARTS) is 1. The minimum atomic E-state index is -1.07. The molecule has 1 N–H and O–H groups in total. The molecule has 34 heavy (non-hydrogen) atoms. The molecule has 1 aliphatic carbocycles. The van der Waals surface area contributed by atoms with Crippen LogP contribution < -0.4 is 0 Å². The zero-order valence-corrected chi connectivity index (χ0v) is 20.1. The van der Waals surface area contributed by atoms with Gasteiger partial charge in [0, 0.05) is 26.4 Å². The van der Waals surface area contributed by atoms with Crippen LogP contribution in [0.15, 0.2) is 24.2 Å². The van der Waals surface area contributed by atoms with Crippen LogP contribution in [0, 0.1) is 5.92 Å². The number of epoxide rings is 2. The third kappa shape index (κ3) is 4.01. The molecule has 4 aliphatic rings. The van der Waals surface area contributed by atoms with E-state index < -0.39 is 5.97 Å². The number of aromatic carboxylic acids is 1. The summed E-state index contributed by atoms with van der Waals surface area (Å²) in [6.07, 6.45) is 6.52. The summed E-state index contributed by atoms with van der Waals surface area (Å²) in [6.45, 7) is 7.86. The van der Waals surface area contributed by atoms with Crippen molar-refractivity contribution in [2.75, 3.05) is 26.8 Å². The largest absolute Gasteiger partial charge is 0.476 e. The molecule has 10 nitrogen and oxygen atoms in total. The number of likely N-dealkylation sites (tertiary alicyclic amines) is 1. The number of amides is 1. The first-order valence-corrected chi connectivity index (χ1v) is 11.9. The third-order valence-electron chi connectivity index (χ3n) is 7.85. The third-order valence-corrected chi connectivity index (χ3v) is 7.85. The molecule has 1 aromatic heterocycles. The number of allylic oxidation sites excluding steroid dienone is 1. The van der Waals surface area contributed by atoms with Crippen LogP contribution in [0.5, 0.6) is 0 Å². The Kier molecular flexibility index (Phi) is 5.73. The minimum absolute atomic E-state index is 0.00730. The van der Waals surface area contributed by atoms with Gasteiger partial charge in [0.2, 0.25) is 0 Å².